The molecule has 56 valence electrons. The van der Waals surface area contributed by atoms with Crippen LogP contribution in [0.4, 0.5) is 0 Å². The van der Waals surface area contributed by atoms with Crippen LogP contribution in [-0.4, -0.2) is 9.55 Å². The van der Waals surface area contributed by atoms with E-state index in [1.165, 1.54) is 5.54 Å². The molecule has 0 atom stereocenters. The molecule has 0 aromatic carbocycles. The molecule has 0 amide bonds. The lowest BCUT2D eigenvalue weighted by Gasteiger charge is -1.94. The van der Waals surface area contributed by atoms with Gasteiger partial charge >= 0.3 is 0 Å². The molecule has 0 aliphatic carbocycles. The summed E-state index contributed by atoms with van der Waals surface area (Å²) in [5.41, 5.74) is 1.42. The first-order valence-corrected chi connectivity index (χ1v) is 3.48. The van der Waals surface area contributed by atoms with E-state index in [9.17, 15) is 0 Å². The Hall–Kier alpha value is -1.27. The Balaban J connectivity index is 2.78. The van der Waals surface area contributed by atoms with Gasteiger partial charge in [0.1, 0.15) is 6.07 Å². The van der Waals surface area contributed by atoms with Gasteiger partial charge in [-0.3, -0.25) is 0 Å². The number of rotatable bonds is 2. The van der Waals surface area contributed by atoms with Gasteiger partial charge < -0.3 is 4.57 Å². The third kappa shape index (κ3) is 1.82. The lowest BCUT2D eigenvalue weighted by molar-refractivity contribution is 0.804. The van der Waals surface area contributed by atoms with Crippen LogP contribution in [0.1, 0.15) is 5.82 Å². The summed E-state index contributed by atoms with van der Waals surface area (Å²) in [5.74, 6) is 0.403. The molecule has 0 radical (unpaired) electrons. The highest BCUT2D eigenvalue weighted by atomic mass is 35.5. The van der Waals surface area contributed by atoms with Crippen molar-refractivity contribution < 1.29 is 0 Å². The van der Waals surface area contributed by atoms with Crippen LogP contribution in [0.3, 0.4) is 0 Å². The van der Waals surface area contributed by atoms with Crippen LogP contribution in [0.5, 0.6) is 0 Å². The maximum atomic E-state index is 8.52. The number of aromatic nitrogens is 2. The average molecular weight is 168 g/mol. The minimum absolute atomic E-state index is 0.403. The van der Waals surface area contributed by atoms with Crippen LogP contribution in [0.2, 0.25) is 0 Å². The Bertz CT molecular complexity index is 295. The quantitative estimate of drug-likeness (QED) is 0.670. The maximum absolute atomic E-state index is 8.52. The molecule has 4 heteroatoms. The summed E-state index contributed by atoms with van der Waals surface area (Å²) < 4.78 is 1.71. The fourth-order valence-corrected chi connectivity index (χ4v) is 0.803. The third-order valence-corrected chi connectivity index (χ3v) is 1.38. The smallest absolute Gasteiger partial charge is 0.213 e. The van der Waals surface area contributed by atoms with Crippen molar-refractivity contribution >= 4 is 11.6 Å². The molecule has 0 bridgehead atoms. The summed E-state index contributed by atoms with van der Waals surface area (Å²) in [4.78, 5) is 3.81. The normalized spacial score (nSPS) is 10.2. The number of halogens is 1. The molecule has 0 saturated heterocycles. The summed E-state index contributed by atoms with van der Waals surface area (Å²) in [5, 5.41) is 8.52. The molecule has 0 aliphatic heterocycles. The largest absolute Gasteiger partial charge is 0.319 e. The maximum Gasteiger partial charge on any atom is 0.213 e. The predicted octanol–water partition coefficient (Wildman–Crippen LogP) is 1.51. The van der Waals surface area contributed by atoms with Crippen molar-refractivity contribution in [3.63, 3.8) is 0 Å². The van der Waals surface area contributed by atoms with Gasteiger partial charge in [0.05, 0.1) is 0 Å². The number of hydrogen-bond acceptors (Lipinski definition) is 2. The number of allylic oxidation sites excluding steroid dienone is 1. The van der Waals surface area contributed by atoms with E-state index in [1.807, 2.05) is 6.07 Å². The highest BCUT2D eigenvalue weighted by molar-refractivity contribution is 6.25. The van der Waals surface area contributed by atoms with Crippen molar-refractivity contribution in [2.75, 3.05) is 0 Å². The minimum Gasteiger partial charge on any atom is -0.319 e. The third-order valence-electron chi connectivity index (χ3n) is 1.21. The summed E-state index contributed by atoms with van der Waals surface area (Å²) in [6, 6.07) is 1.96. The molecule has 0 saturated carbocycles. The molecule has 1 heterocycles. The summed E-state index contributed by atoms with van der Waals surface area (Å²) in [6.45, 7) is 0.590. The second-order valence-electron chi connectivity index (χ2n) is 1.88. The monoisotopic (exact) mass is 167 g/mol. The Morgan fingerprint density at radius 3 is 3.27 bits per heavy atom. The van der Waals surface area contributed by atoms with Crippen molar-refractivity contribution in [2.45, 2.75) is 6.54 Å². The lowest BCUT2D eigenvalue weighted by Crippen LogP contribution is -1.96. The van der Waals surface area contributed by atoms with Crippen LogP contribution in [-0.2, 0) is 6.54 Å². The molecule has 0 aliphatic rings. The van der Waals surface area contributed by atoms with Crippen LogP contribution in [0.25, 0.3) is 0 Å². The molecule has 1 aromatic rings. The molecular formula is C7H6ClN3. The molecule has 1 rings (SSSR count). The van der Waals surface area contributed by atoms with Gasteiger partial charge in [-0.2, -0.15) is 5.26 Å². The van der Waals surface area contributed by atoms with Crippen LogP contribution in [0.15, 0.2) is 24.0 Å². The molecular weight excluding hydrogens is 162 g/mol. The predicted molar refractivity (Wildman–Crippen MR) is 41.9 cm³/mol. The van der Waals surface area contributed by atoms with Crippen molar-refractivity contribution in [1.82, 2.24) is 9.55 Å². The summed E-state index contributed by atoms with van der Waals surface area (Å²) in [7, 11) is 0. The molecule has 0 fully saturated rings. The first-order chi connectivity index (χ1) is 5.38. The van der Waals surface area contributed by atoms with E-state index in [0.717, 1.165) is 0 Å². The summed E-state index contributed by atoms with van der Waals surface area (Å²) >= 11 is 5.32. The Morgan fingerprint density at radius 2 is 2.64 bits per heavy atom. The van der Waals surface area contributed by atoms with E-state index in [0.29, 0.717) is 12.4 Å². The molecule has 3 nitrogen and oxygen atoms in total. The van der Waals surface area contributed by atoms with Crippen molar-refractivity contribution in [1.29, 1.82) is 5.26 Å². The molecule has 0 unspecified atom stereocenters. The second kappa shape index (κ2) is 3.79. The Morgan fingerprint density at radius 1 is 1.82 bits per heavy atom. The van der Waals surface area contributed by atoms with Crippen LogP contribution < -0.4 is 0 Å². The topological polar surface area (TPSA) is 41.6 Å². The number of hydrogen-bond donors (Lipinski definition) is 0. The zero-order chi connectivity index (χ0) is 8.10. The fourth-order valence-electron chi connectivity index (χ4n) is 0.723. The standard InChI is InChI=1S/C7H6ClN3/c8-2-1-4-11-5-3-10-7(11)6-9/h1-3,5H,4H2/b2-1+. The van der Waals surface area contributed by atoms with Gasteiger partial charge in [0.15, 0.2) is 0 Å². The van der Waals surface area contributed by atoms with Crippen molar-refractivity contribution in [3.05, 3.63) is 29.8 Å². The summed E-state index contributed by atoms with van der Waals surface area (Å²) in [6.07, 6.45) is 5.06. The van der Waals surface area contributed by atoms with Crippen molar-refractivity contribution in [3.8, 4) is 6.07 Å². The van der Waals surface area contributed by atoms with Crippen molar-refractivity contribution in [2.24, 2.45) is 0 Å². The Labute approximate surface area is 69.5 Å². The highest BCUT2D eigenvalue weighted by Gasteiger charge is 1.96. The number of imidazole rings is 1. The van der Waals surface area contributed by atoms with E-state index < -0.39 is 0 Å². The van der Waals surface area contributed by atoms with Gasteiger partial charge in [-0.25, -0.2) is 4.98 Å². The van der Waals surface area contributed by atoms with E-state index in [4.69, 9.17) is 16.9 Å². The zero-order valence-electron chi connectivity index (χ0n) is 5.74. The van der Waals surface area contributed by atoms with E-state index in [-0.39, 0.29) is 0 Å². The number of nitriles is 1. The van der Waals surface area contributed by atoms with Crippen LogP contribution >= 0.6 is 11.6 Å². The highest BCUT2D eigenvalue weighted by Crippen LogP contribution is 1.95. The van der Waals surface area contributed by atoms with Gasteiger partial charge in [-0.05, 0) is 0 Å². The molecule has 11 heavy (non-hydrogen) atoms. The second-order valence-corrected chi connectivity index (χ2v) is 2.13. The van der Waals surface area contributed by atoms with Crippen LogP contribution in [0, 0.1) is 11.3 Å². The van der Waals surface area contributed by atoms with Gasteiger partial charge in [0, 0.05) is 24.5 Å². The Kier molecular flexibility index (Phi) is 2.70. The molecule has 0 spiro atoms. The fraction of sp³-hybridized carbons (Fsp3) is 0.143. The van der Waals surface area contributed by atoms with E-state index in [2.05, 4.69) is 4.98 Å². The average Bonchev–Trinajstić information content (AvgIpc) is 2.47. The van der Waals surface area contributed by atoms with E-state index in [1.54, 1.807) is 23.0 Å². The van der Waals surface area contributed by atoms with E-state index >= 15 is 0 Å². The molecule has 0 N–H and O–H groups in total. The van der Waals surface area contributed by atoms with Gasteiger partial charge in [-0.15, -0.1) is 0 Å². The zero-order valence-corrected chi connectivity index (χ0v) is 6.49. The minimum atomic E-state index is 0.403. The first-order valence-electron chi connectivity index (χ1n) is 3.05. The first kappa shape index (κ1) is 7.83. The molecule has 1 aromatic heterocycles. The van der Waals surface area contributed by atoms with Gasteiger partial charge in [-0.1, -0.05) is 17.7 Å². The lowest BCUT2D eigenvalue weighted by atomic mass is 10.5. The van der Waals surface area contributed by atoms with Gasteiger partial charge in [0.2, 0.25) is 5.82 Å². The SMILES string of the molecule is N#Cc1nccn1C/C=C/Cl. The van der Waals surface area contributed by atoms with Gasteiger partial charge in [0.25, 0.3) is 0 Å². The number of nitrogens with zero attached hydrogens (tertiary/aromatic N) is 3.